The van der Waals surface area contributed by atoms with Crippen LogP contribution in [0.15, 0.2) is 42.5 Å². The molecule has 0 aromatic heterocycles. The predicted molar refractivity (Wildman–Crippen MR) is 99.3 cm³/mol. The zero-order valence-corrected chi connectivity index (χ0v) is 14.4. The molecule has 0 spiro atoms. The molecular weight excluding hydrogens is 354 g/mol. The van der Waals surface area contributed by atoms with E-state index in [1.165, 1.54) is 24.3 Å². The van der Waals surface area contributed by atoms with Gasteiger partial charge in [0.25, 0.3) is 0 Å². The average Bonchev–Trinajstić information content (AvgIpc) is 2.60. The van der Waals surface area contributed by atoms with E-state index in [4.69, 9.17) is 37.6 Å². The number of anilines is 1. The van der Waals surface area contributed by atoms with E-state index in [0.29, 0.717) is 5.56 Å². The largest absolute Gasteiger partial charge is 0.508 e. The quantitative estimate of drug-likeness (QED) is 0.273. The van der Waals surface area contributed by atoms with Gasteiger partial charge in [0, 0.05) is 0 Å². The molecular formula is C18H23N3O6. The molecule has 0 fully saturated rings. The number of carboxylic acid groups (broad SMARTS) is 2. The van der Waals surface area contributed by atoms with Gasteiger partial charge in [0.1, 0.15) is 23.6 Å². The van der Waals surface area contributed by atoms with Gasteiger partial charge in [-0.1, -0.05) is 18.2 Å². The van der Waals surface area contributed by atoms with Crippen LogP contribution in [0.3, 0.4) is 0 Å². The Labute approximate surface area is 155 Å². The summed E-state index contributed by atoms with van der Waals surface area (Å²) in [6, 6.07) is 9.00. The molecule has 0 unspecified atom stereocenters. The molecule has 0 amide bonds. The van der Waals surface area contributed by atoms with E-state index >= 15 is 0 Å². The zero-order chi connectivity index (χ0) is 20.6. The molecule has 0 aliphatic heterocycles. The third-order valence-electron chi connectivity index (χ3n) is 3.57. The molecule has 0 saturated carbocycles. The molecule has 2 aromatic carbocycles. The topological polar surface area (TPSA) is 193 Å². The van der Waals surface area contributed by atoms with Crippen LogP contribution in [0.1, 0.15) is 11.1 Å². The van der Waals surface area contributed by atoms with Crippen LogP contribution in [-0.4, -0.2) is 44.4 Å². The van der Waals surface area contributed by atoms with Crippen molar-refractivity contribution in [3.05, 3.63) is 53.6 Å². The highest BCUT2D eigenvalue weighted by molar-refractivity contribution is 5.74. The van der Waals surface area contributed by atoms with Crippen LogP contribution < -0.4 is 17.2 Å². The van der Waals surface area contributed by atoms with Crippen molar-refractivity contribution in [3.63, 3.8) is 0 Å². The van der Waals surface area contributed by atoms with Crippen molar-refractivity contribution >= 4 is 17.6 Å². The Bertz CT molecular complexity index is 779. The summed E-state index contributed by atoms with van der Waals surface area (Å²) < 4.78 is 0. The fourth-order valence-corrected chi connectivity index (χ4v) is 2.05. The summed E-state index contributed by atoms with van der Waals surface area (Å²) >= 11 is 0. The third kappa shape index (κ3) is 7.63. The molecule has 27 heavy (non-hydrogen) atoms. The van der Waals surface area contributed by atoms with Crippen LogP contribution in [0, 0.1) is 0 Å². The lowest BCUT2D eigenvalue weighted by atomic mass is 10.1. The Morgan fingerprint density at radius 1 is 0.815 bits per heavy atom. The standard InChI is InChI=1S/C9H12N2O3.C9H11NO3/c10-6-3-5(1-2-8(6)12)4-7(11)9(13)14;10-8(9(12)13)5-6-1-3-7(11)4-2-6/h1-3,7,12H,4,10-11H2,(H,13,14);1-4,8,11H,5,10H2,(H,12,13)/t7-;8-/m00/s1. The van der Waals surface area contributed by atoms with Gasteiger partial charge in [-0.3, -0.25) is 9.59 Å². The fourth-order valence-electron chi connectivity index (χ4n) is 2.05. The first-order valence-corrected chi connectivity index (χ1v) is 7.92. The van der Waals surface area contributed by atoms with Gasteiger partial charge in [-0.25, -0.2) is 0 Å². The minimum absolute atomic E-state index is 0.0161. The maximum atomic E-state index is 10.4. The SMILES string of the molecule is N[C@@H](Cc1ccc(O)cc1)C(=O)O.Nc1cc(C[C@H](N)C(=O)O)ccc1O. The third-order valence-corrected chi connectivity index (χ3v) is 3.57. The van der Waals surface area contributed by atoms with Crippen LogP contribution in [0.5, 0.6) is 11.5 Å². The minimum atomic E-state index is -1.06. The summed E-state index contributed by atoms with van der Waals surface area (Å²) in [5, 5.41) is 35.2. The number of rotatable bonds is 6. The smallest absolute Gasteiger partial charge is 0.320 e. The second-order valence-electron chi connectivity index (χ2n) is 5.86. The minimum Gasteiger partial charge on any atom is -0.508 e. The van der Waals surface area contributed by atoms with E-state index in [9.17, 15) is 9.59 Å². The van der Waals surface area contributed by atoms with Crippen LogP contribution in [-0.2, 0) is 22.4 Å². The molecule has 146 valence electrons. The summed E-state index contributed by atoms with van der Waals surface area (Å²) in [6.45, 7) is 0. The summed E-state index contributed by atoms with van der Waals surface area (Å²) in [5.41, 5.74) is 17.8. The Morgan fingerprint density at radius 3 is 1.70 bits per heavy atom. The Hall–Kier alpha value is -3.30. The van der Waals surface area contributed by atoms with E-state index in [2.05, 4.69) is 0 Å². The number of nitrogens with two attached hydrogens (primary N) is 3. The number of aromatic hydroxyl groups is 2. The summed E-state index contributed by atoms with van der Waals surface area (Å²) in [6.07, 6.45) is 0.468. The Morgan fingerprint density at radius 2 is 1.26 bits per heavy atom. The maximum Gasteiger partial charge on any atom is 0.320 e. The maximum absolute atomic E-state index is 10.4. The summed E-state index contributed by atoms with van der Waals surface area (Å²) in [5.74, 6) is -1.94. The van der Waals surface area contributed by atoms with E-state index in [1.54, 1.807) is 18.2 Å². The first kappa shape index (κ1) is 21.7. The van der Waals surface area contributed by atoms with E-state index < -0.39 is 24.0 Å². The number of phenolic OH excluding ortho intramolecular Hbond substituents is 2. The van der Waals surface area contributed by atoms with Gasteiger partial charge in [0.2, 0.25) is 0 Å². The van der Waals surface area contributed by atoms with Crippen molar-refractivity contribution in [1.29, 1.82) is 0 Å². The normalized spacial score (nSPS) is 12.4. The van der Waals surface area contributed by atoms with Crippen molar-refractivity contribution in [2.75, 3.05) is 5.73 Å². The van der Waals surface area contributed by atoms with Crippen molar-refractivity contribution in [3.8, 4) is 11.5 Å². The van der Waals surface area contributed by atoms with Gasteiger partial charge in [-0.2, -0.15) is 0 Å². The molecule has 0 aliphatic carbocycles. The molecule has 10 N–H and O–H groups in total. The molecule has 9 nitrogen and oxygen atoms in total. The van der Waals surface area contributed by atoms with Gasteiger partial charge < -0.3 is 37.6 Å². The highest BCUT2D eigenvalue weighted by Crippen LogP contribution is 2.20. The highest BCUT2D eigenvalue weighted by Gasteiger charge is 2.12. The lowest BCUT2D eigenvalue weighted by Gasteiger charge is -2.07. The van der Waals surface area contributed by atoms with Crippen molar-refractivity contribution in [2.45, 2.75) is 24.9 Å². The van der Waals surface area contributed by atoms with Gasteiger partial charge in [0.05, 0.1) is 5.69 Å². The molecule has 9 heteroatoms. The molecule has 0 bridgehead atoms. The molecule has 2 aromatic rings. The van der Waals surface area contributed by atoms with Gasteiger partial charge >= 0.3 is 11.9 Å². The van der Waals surface area contributed by atoms with Gasteiger partial charge in [0.15, 0.2) is 0 Å². The number of phenols is 2. The summed E-state index contributed by atoms with van der Waals surface area (Å²) in [7, 11) is 0. The molecule has 0 aliphatic rings. The van der Waals surface area contributed by atoms with Crippen LogP contribution in [0.25, 0.3) is 0 Å². The number of benzene rings is 2. The predicted octanol–water partition coefficient (Wildman–Crippen LogP) is 0.275. The number of carboxylic acids is 2. The molecule has 2 rings (SSSR count). The number of carbonyl (C=O) groups is 2. The number of hydrogen-bond donors (Lipinski definition) is 7. The number of aliphatic carboxylic acids is 2. The molecule has 0 radical (unpaired) electrons. The lowest BCUT2D eigenvalue weighted by Crippen LogP contribution is -2.32. The fraction of sp³-hybridized carbons (Fsp3) is 0.222. The van der Waals surface area contributed by atoms with Gasteiger partial charge in [-0.15, -0.1) is 0 Å². The van der Waals surface area contributed by atoms with E-state index in [-0.39, 0.29) is 30.0 Å². The van der Waals surface area contributed by atoms with Gasteiger partial charge in [-0.05, 0) is 48.2 Å². The van der Waals surface area contributed by atoms with E-state index in [1.807, 2.05) is 0 Å². The highest BCUT2D eigenvalue weighted by atomic mass is 16.4. The van der Waals surface area contributed by atoms with Crippen LogP contribution in [0.4, 0.5) is 5.69 Å². The Balaban J connectivity index is 0.000000271. The van der Waals surface area contributed by atoms with Crippen molar-refractivity contribution in [2.24, 2.45) is 11.5 Å². The second-order valence-corrected chi connectivity index (χ2v) is 5.86. The molecule has 0 saturated heterocycles. The zero-order valence-electron chi connectivity index (χ0n) is 14.4. The first-order chi connectivity index (χ1) is 12.6. The first-order valence-electron chi connectivity index (χ1n) is 7.92. The lowest BCUT2D eigenvalue weighted by molar-refractivity contribution is -0.139. The van der Waals surface area contributed by atoms with Crippen molar-refractivity contribution < 1.29 is 30.0 Å². The van der Waals surface area contributed by atoms with Crippen LogP contribution >= 0.6 is 0 Å². The van der Waals surface area contributed by atoms with Crippen molar-refractivity contribution in [1.82, 2.24) is 0 Å². The molecule has 0 heterocycles. The van der Waals surface area contributed by atoms with E-state index in [0.717, 1.165) is 5.56 Å². The number of nitrogen functional groups attached to an aromatic ring is 1. The summed E-state index contributed by atoms with van der Waals surface area (Å²) in [4.78, 5) is 20.8. The Kier molecular flexibility index (Phi) is 8.05. The number of hydrogen-bond acceptors (Lipinski definition) is 7. The average molecular weight is 377 g/mol. The molecule has 2 atom stereocenters. The second kappa shape index (κ2) is 10.00. The van der Waals surface area contributed by atoms with Crippen LogP contribution in [0.2, 0.25) is 0 Å². The monoisotopic (exact) mass is 377 g/mol.